The standard InChI is InChI=1S/C21H24N4O6/c1-4-30-21(29)17(18(26)25-22)31-16-8-6-5-7-15(16)24-20(28)19(27)23-14-10-9-12(2)11-13(14)3/h5-11,17H,4,22H2,1-3H3,(H,23,27)(H,24,28)(H,25,26). The largest absolute Gasteiger partial charge is 0.466 e. The molecule has 164 valence electrons. The lowest BCUT2D eigenvalue weighted by molar-refractivity contribution is -0.156. The van der Waals surface area contributed by atoms with Crippen molar-refractivity contribution < 1.29 is 28.7 Å². The third kappa shape index (κ3) is 6.28. The van der Waals surface area contributed by atoms with Gasteiger partial charge in [-0.3, -0.25) is 19.8 Å². The molecular formula is C21H24N4O6. The van der Waals surface area contributed by atoms with Crippen LogP contribution >= 0.6 is 0 Å². The number of carbonyl (C=O) groups is 4. The molecule has 3 amide bonds. The number of rotatable bonds is 7. The van der Waals surface area contributed by atoms with Crippen LogP contribution in [-0.2, 0) is 23.9 Å². The highest BCUT2D eigenvalue weighted by Crippen LogP contribution is 2.25. The number of benzene rings is 2. The number of carbonyl (C=O) groups excluding carboxylic acids is 4. The Morgan fingerprint density at radius 3 is 2.23 bits per heavy atom. The van der Waals surface area contributed by atoms with Crippen molar-refractivity contribution in [2.45, 2.75) is 26.9 Å². The van der Waals surface area contributed by atoms with E-state index >= 15 is 0 Å². The molecule has 0 aliphatic rings. The SMILES string of the molecule is CCOC(=O)C(Oc1ccccc1NC(=O)C(=O)Nc1ccc(C)cc1C)C(=O)NN. The summed E-state index contributed by atoms with van der Waals surface area (Å²) in [7, 11) is 0. The molecule has 0 heterocycles. The molecule has 2 rings (SSSR count). The Morgan fingerprint density at radius 1 is 0.968 bits per heavy atom. The van der Waals surface area contributed by atoms with Crippen LogP contribution in [0.2, 0.25) is 0 Å². The molecule has 10 nitrogen and oxygen atoms in total. The van der Waals surface area contributed by atoms with E-state index in [1.165, 1.54) is 12.1 Å². The minimum Gasteiger partial charge on any atom is -0.466 e. The first kappa shape index (κ1) is 23.4. The van der Waals surface area contributed by atoms with Crippen molar-refractivity contribution in [3.8, 4) is 5.75 Å². The Kier molecular flexibility index (Phi) is 8.09. The molecule has 31 heavy (non-hydrogen) atoms. The number of anilines is 2. The lowest BCUT2D eigenvalue weighted by atomic mass is 10.1. The normalized spacial score (nSPS) is 11.1. The Morgan fingerprint density at radius 2 is 1.61 bits per heavy atom. The Labute approximate surface area is 179 Å². The summed E-state index contributed by atoms with van der Waals surface area (Å²) >= 11 is 0. The lowest BCUT2D eigenvalue weighted by Crippen LogP contribution is -2.47. The summed E-state index contributed by atoms with van der Waals surface area (Å²) in [5, 5.41) is 4.94. The van der Waals surface area contributed by atoms with Gasteiger partial charge in [-0.25, -0.2) is 10.6 Å². The molecule has 5 N–H and O–H groups in total. The van der Waals surface area contributed by atoms with E-state index in [9.17, 15) is 19.2 Å². The van der Waals surface area contributed by atoms with Gasteiger partial charge in [0.2, 0.25) is 0 Å². The van der Waals surface area contributed by atoms with Crippen LogP contribution in [0.5, 0.6) is 5.75 Å². The highest BCUT2D eigenvalue weighted by molar-refractivity contribution is 6.43. The number of aryl methyl sites for hydroxylation is 2. The van der Waals surface area contributed by atoms with Gasteiger partial charge in [-0.05, 0) is 44.5 Å². The first-order valence-electron chi connectivity index (χ1n) is 9.39. The van der Waals surface area contributed by atoms with Crippen LogP contribution < -0.4 is 26.6 Å². The van der Waals surface area contributed by atoms with Crippen molar-refractivity contribution in [2.24, 2.45) is 5.84 Å². The van der Waals surface area contributed by atoms with Gasteiger partial charge < -0.3 is 20.1 Å². The van der Waals surface area contributed by atoms with E-state index in [2.05, 4.69) is 10.6 Å². The van der Waals surface area contributed by atoms with Crippen molar-refractivity contribution in [3.05, 3.63) is 53.6 Å². The van der Waals surface area contributed by atoms with E-state index in [1.807, 2.05) is 31.4 Å². The summed E-state index contributed by atoms with van der Waals surface area (Å²) < 4.78 is 10.2. The first-order valence-corrected chi connectivity index (χ1v) is 9.39. The number of amides is 3. The number of esters is 1. The summed E-state index contributed by atoms with van der Waals surface area (Å²) in [6.45, 7) is 5.31. The fraction of sp³-hybridized carbons (Fsp3) is 0.238. The number of hydrogen-bond donors (Lipinski definition) is 4. The van der Waals surface area contributed by atoms with Gasteiger partial charge in [0.1, 0.15) is 5.75 Å². The van der Waals surface area contributed by atoms with E-state index in [0.717, 1.165) is 11.1 Å². The first-order chi connectivity index (χ1) is 14.8. The van der Waals surface area contributed by atoms with Gasteiger partial charge in [-0.15, -0.1) is 0 Å². The minimum atomic E-state index is -1.70. The van der Waals surface area contributed by atoms with Crippen molar-refractivity contribution >= 4 is 35.1 Å². The zero-order valence-corrected chi connectivity index (χ0v) is 17.4. The molecule has 0 aromatic heterocycles. The van der Waals surface area contributed by atoms with E-state index in [0.29, 0.717) is 5.69 Å². The Hall–Kier alpha value is -3.92. The maximum atomic E-state index is 12.4. The summed E-state index contributed by atoms with van der Waals surface area (Å²) in [6.07, 6.45) is -1.70. The number of nitrogens with two attached hydrogens (primary N) is 1. The van der Waals surface area contributed by atoms with Crippen molar-refractivity contribution in [3.63, 3.8) is 0 Å². The highest BCUT2D eigenvalue weighted by Gasteiger charge is 2.31. The van der Waals surface area contributed by atoms with Crippen molar-refractivity contribution in [1.82, 2.24) is 5.43 Å². The van der Waals surface area contributed by atoms with Crippen molar-refractivity contribution in [2.75, 3.05) is 17.2 Å². The van der Waals surface area contributed by atoms with Gasteiger partial charge in [-0.1, -0.05) is 29.8 Å². The average Bonchev–Trinajstić information content (AvgIpc) is 2.74. The van der Waals surface area contributed by atoms with Gasteiger partial charge in [0.05, 0.1) is 12.3 Å². The molecule has 0 radical (unpaired) electrons. The number of hydrazine groups is 1. The molecule has 2 aromatic carbocycles. The number of ether oxygens (including phenoxy) is 2. The molecule has 0 saturated carbocycles. The lowest BCUT2D eigenvalue weighted by Gasteiger charge is -2.18. The molecule has 10 heteroatoms. The highest BCUT2D eigenvalue weighted by atomic mass is 16.6. The Bertz CT molecular complexity index is 992. The summed E-state index contributed by atoms with van der Waals surface area (Å²) in [6, 6.07) is 11.4. The maximum absolute atomic E-state index is 12.4. The molecule has 0 aliphatic carbocycles. The second-order valence-corrected chi connectivity index (χ2v) is 6.48. The van der Waals surface area contributed by atoms with Crippen LogP contribution in [0.3, 0.4) is 0 Å². The van der Waals surface area contributed by atoms with Crippen LogP contribution in [0.25, 0.3) is 0 Å². The molecule has 1 atom stereocenters. The van der Waals surface area contributed by atoms with Crippen LogP contribution in [0, 0.1) is 13.8 Å². The molecule has 0 fully saturated rings. The number of para-hydroxylation sites is 2. The van der Waals surface area contributed by atoms with Crippen LogP contribution in [-0.4, -0.2) is 36.4 Å². The molecule has 1 unspecified atom stereocenters. The zero-order chi connectivity index (χ0) is 23.0. The second-order valence-electron chi connectivity index (χ2n) is 6.48. The van der Waals surface area contributed by atoms with Crippen LogP contribution in [0.15, 0.2) is 42.5 Å². The van der Waals surface area contributed by atoms with Gasteiger partial charge in [0.15, 0.2) is 0 Å². The molecule has 0 aliphatic heterocycles. The third-order valence-corrected chi connectivity index (χ3v) is 4.10. The second kappa shape index (κ2) is 10.7. The van der Waals surface area contributed by atoms with E-state index in [-0.39, 0.29) is 18.0 Å². The monoisotopic (exact) mass is 428 g/mol. The quantitative estimate of drug-likeness (QED) is 0.129. The minimum absolute atomic E-state index is 0.0214. The topological polar surface area (TPSA) is 149 Å². The van der Waals surface area contributed by atoms with Gasteiger partial charge in [0, 0.05) is 5.69 Å². The molecule has 0 bridgehead atoms. The fourth-order valence-electron chi connectivity index (χ4n) is 2.61. The van der Waals surface area contributed by atoms with Gasteiger partial charge in [-0.2, -0.15) is 0 Å². The molecule has 0 spiro atoms. The van der Waals surface area contributed by atoms with Crippen LogP contribution in [0.4, 0.5) is 11.4 Å². The fourth-order valence-corrected chi connectivity index (χ4v) is 2.61. The maximum Gasteiger partial charge on any atom is 0.357 e. The average molecular weight is 428 g/mol. The smallest absolute Gasteiger partial charge is 0.357 e. The summed E-state index contributed by atoms with van der Waals surface area (Å²) in [5.41, 5.74) is 4.21. The van der Waals surface area contributed by atoms with Crippen LogP contribution in [0.1, 0.15) is 18.1 Å². The van der Waals surface area contributed by atoms with E-state index in [1.54, 1.807) is 25.1 Å². The van der Waals surface area contributed by atoms with Gasteiger partial charge in [0.25, 0.3) is 12.0 Å². The summed E-state index contributed by atoms with van der Waals surface area (Å²) in [4.78, 5) is 48.7. The number of nitrogens with one attached hydrogen (secondary N) is 3. The third-order valence-electron chi connectivity index (χ3n) is 4.10. The predicted octanol–water partition coefficient (Wildman–Crippen LogP) is 1.18. The summed E-state index contributed by atoms with van der Waals surface area (Å²) in [5.74, 6) is 1.31. The van der Waals surface area contributed by atoms with Crippen molar-refractivity contribution in [1.29, 1.82) is 0 Å². The van der Waals surface area contributed by atoms with Gasteiger partial charge >= 0.3 is 17.8 Å². The van der Waals surface area contributed by atoms with E-state index in [4.69, 9.17) is 15.3 Å². The van der Waals surface area contributed by atoms with E-state index < -0.39 is 29.8 Å². The predicted molar refractivity (Wildman–Crippen MR) is 113 cm³/mol. The molecule has 2 aromatic rings. The molecular weight excluding hydrogens is 404 g/mol. The Balaban J connectivity index is 2.16. The zero-order valence-electron chi connectivity index (χ0n) is 17.4. The number of hydrogen-bond acceptors (Lipinski definition) is 7. The molecule has 0 saturated heterocycles.